The molecule has 8 nitrogen and oxygen atoms in total. The van der Waals surface area contributed by atoms with E-state index in [9.17, 15) is 9.90 Å². The number of aromatic nitrogens is 2. The molecule has 1 amide bonds. The quantitative estimate of drug-likeness (QED) is 0.612. The summed E-state index contributed by atoms with van der Waals surface area (Å²) in [6, 6.07) is 15.2. The SMILES string of the molecule is COc1ccc(-c2nn(-c3ccccc3)cc2C(=O)N2CCN(CCO)CC2)c(OC)c1. The number of ether oxygens (including phenoxy) is 2. The van der Waals surface area contributed by atoms with Gasteiger partial charge in [-0.1, -0.05) is 18.2 Å². The van der Waals surface area contributed by atoms with Crippen molar-refractivity contribution in [2.24, 2.45) is 0 Å². The molecule has 1 saturated heterocycles. The molecular weight excluding hydrogens is 408 g/mol. The number of carbonyl (C=O) groups is 1. The molecule has 0 unspecified atom stereocenters. The Balaban J connectivity index is 1.73. The molecule has 4 rings (SSSR count). The number of amides is 1. The highest BCUT2D eigenvalue weighted by molar-refractivity contribution is 6.00. The highest BCUT2D eigenvalue weighted by atomic mass is 16.5. The van der Waals surface area contributed by atoms with E-state index in [-0.39, 0.29) is 12.5 Å². The summed E-state index contributed by atoms with van der Waals surface area (Å²) in [5.74, 6) is 1.19. The van der Waals surface area contributed by atoms with Crippen molar-refractivity contribution in [3.63, 3.8) is 0 Å². The van der Waals surface area contributed by atoms with Crippen molar-refractivity contribution in [1.82, 2.24) is 19.6 Å². The Morgan fingerprint density at radius 2 is 1.78 bits per heavy atom. The van der Waals surface area contributed by atoms with Crippen LogP contribution in [0.3, 0.4) is 0 Å². The van der Waals surface area contributed by atoms with Crippen molar-refractivity contribution in [2.45, 2.75) is 0 Å². The Kier molecular flexibility index (Phi) is 6.72. The molecule has 1 aliphatic rings. The smallest absolute Gasteiger partial charge is 0.257 e. The summed E-state index contributed by atoms with van der Waals surface area (Å²) < 4.78 is 12.6. The number of aliphatic hydroxyl groups is 1. The van der Waals surface area contributed by atoms with E-state index >= 15 is 0 Å². The Morgan fingerprint density at radius 1 is 1.03 bits per heavy atom. The number of carbonyl (C=O) groups excluding carboxylic acids is 1. The third kappa shape index (κ3) is 4.46. The van der Waals surface area contributed by atoms with E-state index < -0.39 is 0 Å². The van der Waals surface area contributed by atoms with Gasteiger partial charge in [0.05, 0.1) is 32.1 Å². The van der Waals surface area contributed by atoms with Crippen LogP contribution in [-0.4, -0.2) is 84.1 Å². The number of piperazine rings is 1. The van der Waals surface area contributed by atoms with Crippen molar-refractivity contribution in [1.29, 1.82) is 0 Å². The normalized spacial score (nSPS) is 14.4. The average Bonchev–Trinajstić information content (AvgIpc) is 3.29. The molecule has 0 spiro atoms. The van der Waals surface area contributed by atoms with Crippen LogP contribution >= 0.6 is 0 Å². The molecule has 3 aromatic rings. The Morgan fingerprint density at radius 3 is 2.44 bits per heavy atom. The highest BCUT2D eigenvalue weighted by Gasteiger charge is 2.27. The molecule has 2 heterocycles. The third-order valence-corrected chi connectivity index (χ3v) is 5.70. The maximum absolute atomic E-state index is 13.6. The molecular formula is C24H28N4O4. The van der Waals surface area contributed by atoms with Gasteiger partial charge >= 0.3 is 0 Å². The Labute approximate surface area is 187 Å². The van der Waals surface area contributed by atoms with Crippen molar-refractivity contribution < 1.29 is 19.4 Å². The Hall–Kier alpha value is -3.36. The maximum Gasteiger partial charge on any atom is 0.257 e. The lowest BCUT2D eigenvalue weighted by atomic mass is 10.1. The molecule has 0 bridgehead atoms. The monoisotopic (exact) mass is 436 g/mol. The van der Waals surface area contributed by atoms with Crippen molar-refractivity contribution in [2.75, 3.05) is 53.6 Å². The van der Waals surface area contributed by atoms with Gasteiger partial charge in [0.2, 0.25) is 0 Å². The van der Waals surface area contributed by atoms with Gasteiger partial charge in [-0.25, -0.2) is 4.68 Å². The second-order valence-corrected chi connectivity index (χ2v) is 7.60. The molecule has 168 valence electrons. The number of benzene rings is 2. The van der Waals surface area contributed by atoms with Crippen molar-refractivity contribution >= 4 is 5.91 Å². The fourth-order valence-electron chi connectivity index (χ4n) is 3.92. The lowest BCUT2D eigenvalue weighted by Crippen LogP contribution is -2.49. The van der Waals surface area contributed by atoms with Gasteiger partial charge in [-0.2, -0.15) is 5.10 Å². The molecule has 0 atom stereocenters. The first-order chi connectivity index (χ1) is 15.6. The first kappa shape index (κ1) is 21.9. The molecule has 0 radical (unpaired) electrons. The molecule has 1 aliphatic heterocycles. The van der Waals surface area contributed by atoms with Crippen LogP contribution in [0.5, 0.6) is 11.5 Å². The van der Waals surface area contributed by atoms with Crippen LogP contribution in [0.25, 0.3) is 16.9 Å². The van der Waals surface area contributed by atoms with Crippen molar-refractivity contribution in [3.8, 4) is 28.4 Å². The summed E-state index contributed by atoms with van der Waals surface area (Å²) >= 11 is 0. The number of rotatable bonds is 7. The number of hydrogen-bond acceptors (Lipinski definition) is 6. The van der Waals surface area contributed by atoms with E-state index in [0.717, 1.165) is 24.3 Å². The van der Waals surface area contributed by atoms with Gasteiger partial charge in [-0.15, -0.1) is 0 Å². The van der Waals surface area contributed by atoms with Crippen LogP contribution in [-0.2, 0) is 0 Å². The van der Waals surface area contributed by atoms with Crippen LogP contribution < -0.4 is 9.47 Å². The second-order valence-electron chi connectivity index (χ2n) is 7.60. The standard InChI is InChI=1S/C24H28N4O4/c1-31-19-8-9-20(22(16-19)32-2)23-21(17-28(25-23)18-6-4-3-5-7-18)24(30)27-12-10-26(11-13-27)14-15-29/h3-9,16-17,29H,10-15H2,1-2H3. The van der Waals surface area contributed by atoms with E-state index in [1.54, 1.807) is 31.2 Å². The zero-order chi connectivity index (χ0) is 22.5. The zero-order valence-electron chi connectivity index (χ0n) is 18.4. The lowest BCUT2D eigenvalue weighted by Gasteiger charge is -2.34. The summed E-state index contributed by atoms with van der Waals surface area (Å²) in [7, 11) is 3.19. The number of para-hydroxylation sites is 1. The van der Waals surface area contributed by atoms with E-state index in [1.807, 2.05) is 47.4 Å². The first-order valence-corrected chi connectivity index (χ1v) is 10.6. The largest absolute Gasteiger partial charge is 0.497 e. The lowest BCUT2D eigenvalue weighted by molar-refractivity contribution is 0.0615. The number of nitrogens with zero attached hydrogens (tertiary/aromatic N) is 4. The molecule has 32 heavy (non-hydrogen) atoms. The van der Waals surface area contributed by atoms with Crippen LogP contribution in [0.1, 0.15) is 10.4 Å². The van der Waals surface area contributed by atoms with Gasteiger partial charge in [-0.05, 0) is 24.3 Å². The van der Waals surface area contributed by atoms with Crippen LogP contribution in [0, 0.1) is 0 Å². The van der Waals surface area contributed by atoms with E-state index in [2.05, 4.69) is 4.90 Å². The van der Waals surface area contributed by atoms with Crippen LogP contribution in [0.4, 0.5) is 0 Å². The van der Waals surface area contributed by atoms with E-state index in [0.29, 0.717) is 42.4 Å². The van der Waals surface area contributed by atoms with Crippen molar-refractivity contribution in [3.05, 3.63) is 60.3 Å². The van der Waals surface area contributed by atoms with E-state index in [4.69, 9.17) is 14.6 Å². The predicted molar refractivity (Wildman–Crippen MR) is 122 cm³/mol. The number of methoxy groups -OCH3 is 2. The summed E-state index contributed by atoms with van der Waals surface area (Å²) in [6.45, 7) is 3.44. The average molecular weight is 437 g/mol. The van der Waals surface area contributed by atoms with Crippen LogP contribution in [0.2, 0.25) is 0 Å². The number of hydrogen-bond donors (Lipinski definition) is 1. The fourth-order valence-corrected chi connectivity index (χ4v) is 3.92. The molecule has 0 saturated carbocycles. The maximum atomic E-state index is 13.6. The molecule has 0 aliphatic carbocycles. The topological polar surface area (TPSA) is 80.1 Å². The minimum Gasteiger partial charge on any atom is -0.497 e. The first-order valence-electron chi connectivity index (χ1n) is 10.6. The summed E-state index contributed by atoms with van der Waals surface area (Å²) in [5, 5.41) is 14.0. The highest BCUT2D eigenvalue weighted by Crippen LogP contribution is 2.35. The molecule has 1 fully saturated rings. The molecule has 1 N–H and O–H groups in total. The Bertz CT molecular complexity index is 1060. The van der Waals surface area contributed by atoms with Gasteiger partial charge in [0.15, 0.2) is 0 Å². The molecule has 2 aromatic carbocycles. The fraction of sp³-hybridized carbons (Fsp3) is 0.333. The zero-order valence-corrected chi connectivity index (χ0v) is 18.4. The minimum atomic E-state index is -0.0660. The minimum absolute atomic E-state index is 0.0660. The van der Waals surface area contributed by atoms with E-state index in [1.165, 1.54) is 0 Å². The van der Waals surface area contributed by atoms with Gasteiger partial charge in [0, 0.05) is 50.6 Å². The summed E-state index contributed by atoms with van der Waals surface area (Å²) in [5.41, 5.74) is 2.68. The number of aliphatic hydroxyl groups excluding tert-OH is 1. The molecule has 8 heteroatoms. The van der Waals surface area contributed by atoms with Crippen LogP contribution in [0.15, 0.2) is 54.7 Å². The van der Waals surface area contributed by atoms with Gasteiger partial charge in [0.25, 0.3) is 5.91 Å². The molecule has 1 aromatic heterocycles. The van der Waals surface area contributed by atoms with Gasteiger partial charge < -0.3 is 19.5 Å². The number of β-amino-alcohol motifs (C(OH)–C–C–N with tert-alkyl or cyclic N) is 1. The van der Waals surface area contributed by atoms with Gasteiger partial charge in [-0.3, -0.25) is 9.69 Å². The summed E-state index contributed by atoms with van der Waals surface area (Å²) in [6.07, 6.45) is 1.79. The van der Waals surface area contributed by atoms with Gasteiger partial charge in [0.1, 0.15) is 17.2 Å². The summed E-state index contributed by atoms with van der Waals surface area (Å²) in [4.78, 5) is 17.6. The second kappa shape index (κ2) is 9.84. The predicted octanol–water partition coefficient (Wildman–Crippen LogP) is 2.31. The third-order valence-electron chi connectivity index (χ3n) is 5.70.